The number of rotatable bonds is 4. The van der Waals surface area contributed by atoms with Crippen molar-refractivity contribution in [3.8, 4) is 0 Å². The van der Waals surface area contributed by atoms with Gasteiger partial charge in [0.25, 0.3) is 5.56 Å². The first-order valence-electron chi connectivity index (χ1n) is 8.00. The fourth-order valence-electron chi connectivity index (χ4n) is 3.01. The molecule has 3 N–H and O–H groups in total. The van der Waals surface area contributed by atoms with Crippen LogP contribution in [0.4, 0.5) is 0 Å². The van der Waals surface area contributed by atoms with E-state index < -0.39 is 63.8 Å². The van der Waals surface area contributed by atoms with E-state index in [2.05, 4.69) is 15.0 Å². The molecule has 0 aliphatic carbocycles. The number of H-pyrrole nitrogens is 1. The number of nitrogens with one attached hydrogen (secondary N) is 1. The van der Waals surface area contributed by atoms with Gasteiger partial charge in [-0.3, -0.25) is 23.5 Å². The molecule has 14 nitrogen and oxygen atoms in total. The maximum absolute atomic E-state index is 12.1. The highest BCUT2D eigenvalue weighted by molar-refractivity contribution is 8.40. The van der Waals surface area contributed by atoms with E-state index >= 15 is 0 Å². The Bertz CT molecular complexity index is 1060. The van der Waals surface area contributed by atoms with Crippen LogP contribution in [-0.4, -0.2) is 43.5 Å². The van der Waals surface area contributed by atoms with E-state index in [9.17, 15) is 28.5 Å². The number of aryl methyl sites for hydroxylation is 1. The molecule has 5 atom stereocenters. The first-order valence-corrected chi connectivity index (χ1v) is 14.4. The summed E-state index contributed by atoms with van der Waals surface area (Å²) in [4.78, 5) is 47.9. The second kappa shape index (κ2) is 7.94. The van der Waals surface area contributed by atoms with E-state index in [1.54, 1.807) is 0 Å². The topological polar surface area (TPSA) is 206 Å². The molecule has 29 heavy (non-hydrogen) atoms. The molecule has 1 aromatic heterocycles. The van der Waals surface area contributed by atoms with Crippen molar-refractivity contribution < 1.29 is 32.3 Å². The van der Waals surface area contributed by atoms with Crippen LogP contribution in [-0.2, 0) is 34.7 Å². The Hall–Kier alpha value is -0.970. The molecule has 3 rings (SSSR count). The third kappa shape index (κ3) is 5.21. The monoisotopic (exact) mass is 487 g/mol. The van der Waals surface area contributed by atoms with Gasteiger partial charge in [-0.2, -0.15) is 0 Å². The molecular weight excluding hydrogens is 471 g/mol. The molecule has 2 unspecified atom stereocenters. The van der Waals surface area contributed by atoms with Gasteiger partial charge in [0.1, 0.15) is 18.5 Å². The van der Waals surface area contributed by atoms with Gasteiger partial charge in [0.2, 0.25) is 0 Å². The van der Waals surface area contributed by atoms with Gasteiger partial charge >= 0.3 is 20.9 Å². The lowest BCUT2D eigenvalue weighted by molar-refractivity contribution is 0.00656. The van der Waals surface area contributed by atoms with Crippen LogP contribution in [0.3, 0.4) is 0 Å². The van der Waals surface area contributed by atoms with Crippen LogP contribution >= 0.6 is 22.1 Å². The molecule has 18 heteroatoms. The fourth-order valence-corrected chi connectivity index (χ4v) is 13.3. The molecule has 160 valence electrons. The summed E-state index contributed by atoms with van der Waals surface area (Å²) in [5.74, 6) is -1.08. The Morgan fingerprint density at radius 2 is 2.03 bits per heavy atom. The van der Waals surface area contributed by atoms with E-state index in [1.165, 1.54) is 13.1 Å². The third-order valence-corrected chi connectivity index (χ3v) is 13.5. The fraction of sp³-hybridized carbons (Fsp3) is 0.636. The molecule has 1 aromatic rings. The number of aromatic amines is 1. The van der Waals surface area contributed by atoms with Gasteiger partial charge in [0.05, 0.1) is 6.04 Å². The summed E-state index contributed by atoms with van der Waals surface area (Å²) in [5.41, 5.74) is 7.74. The van der Waals surface area contributed by atoms with E-state index in [1.807, 2.05) is 0 Å². The summed E-state index contributed by atoms with van der Waals surface area (Å²) in [6, 6.07) is -0.880. The molecule has 2 aliphatic heterocycles. The molecule has 0 spiro atoms. The smallest absolute Gasteiger partial charge is 0.375 e. The molecule has 0 radical (unpaired) electrons. The van der Waals surface area contributed by atoms with E-state index in [0.717, 1.165) is 4.57 Å². The minimum absolute atomic E-state index is 0.0169. The number of aromatic nitrogens is 2. The highest BCUT2D eigenvalue weighted by Crippen LogP contribution is 2.83. The molecule has 0 amide bonds. The van der Waals surface area contributed by atoms with Crippen LogP contribution < -0.4 is 11.2 Å². The van der Waals surface area contributed by atoms with Crippen molar-refractivity contribution in [2.24, 2.45) is 5.11 Å². The summed E-state index contributed by atoms with van der Waals surface area (Å²) in [7, 11) is -8.92. The normalized spacial score (nSPS) is 39.8. The van der Waals surface area contributed by atoms with Crippen molar-refractivity contribution in [1.29, 1.82) is 0 Å². The van der Waals surface area contributed by atoms with Crippen molar-refractivity contribution >= 4 is 34.4 Å². The minimum atomic E-state index is -4.46. The largest absolute Gasteiger partial charge is 0.491 e. The lowest BCUT2D eigenvalue weighted by Crippen LogP contribution is -2.33. The first kappa shape index (κ1) is 22.7. The Labute approximate surface area is 168 Å². The summed E-state index contributed by atoms with van der Waals surface area (Å²) >= 11 is 5.12. The van der Waals surface area contributed by atoms with Crippen LogP contribution in [0.25, 0.3) is 10.4 Å². The van der Waals surface area contributed by atoms with Crippen LogP contribution in [0.2, 0.25) is 0 Å². The quantitative estimate of drug-likeness (QED) is 0.183. The maximum atomic E-state index is 12.1. The van der Waals surface area contributed by atoms with Crippen molar-refractivity contribution in [2.45, 2.75) is 31.7 Å². The van der Waals surface area contributed by atoms with E-state index in [0.29, 0.717) is 0 Å². The zero-order valence-electron chi connectivity index (χ0n) is 14.7. The zero-order valence-corrected chi connectivity index (χ0v) is 18.2. The van der Waals surface area contributed by atoms with Crippen molar-refractivity contribution in [1.82, 2.24) is 9.55 Å². The van der Waals surface area contributed by atoms with Gasteiger partial charge in [-0.05, 0) is 12.5 Å². The Morgan fingerprint density at radius 3 is 2.62 bits per heavy atom. The highest BCUT2D eigenvalue weighted by Gasteiger charge is 2.55. The Balaban J connectivity index is 1.89. The van der Waals surface area contributed by atoms with E-state index in [-0.39, 0.29) is 12.0 Å². The Kier molecular flexibility index (Phi) is 6.22. The van der Waals surface area contributed by atoms with Crippen LogP contribution in [0.5, 0.6) is 0 Å². The molecule has 2 aliphatic rings. The molecule has 0 saturated carbocycles. The number of hydrogen-bond acceptors (Lipinski definition) is 9. The Morgan fingerprint density at radius 1 is 1.41 bits per heavy atom. The lowest BCUT2D eigenvalue weighted by Gasteiger charge is -2.36. The summed E-state index contributed by atoms with van der Waals surface area (Å²) in [6.07, 6.45) is -1.10. The lowest BCUT2D eigenvalue weighted by atomic mass is 10.1. The average molecular weight is 487 g/mol. The molecule has 2 fully saturated rings. The molecule has 3 heterocycles. The van der Waals surface area contributed by atoms with Gasteiger partial charge in [-0.25, -0.2) is 4.79 Å². The summed E-state index contributed by atoms with van der Waals surface area (Å²) in [5, 5.41) is 3.59. The second-order valence-electron chi connectivity index (χ2n) is 6.49. The van der Waals surface area contributed by atoms with Gasteiger partial charge in [-0.1, -0.05) is 5.11 Å². The van der Waals surface area contributed by atoms with Gasteiger partial charge < -0.3 is 26.8 Å². The predicted molar refractivity (Wildman–Crippen MR) is 103 cm³/mol. The second-order valence-corrected chi connectivity index (χ2v) is 14.7. The highest BCUT2D eigenvalue weighted by atomic mass is 32.7. The third-order valence-electron chi connectivity index (χ3n) is 4.13. The van der Waals surface area contributed by atoms with Crippen LogP contribution in [0.1, 0.15) is 18.2 Å². The molecule has 2 saturated heterocycles. The van der Waals surface area contributed by atoms with Crippen LogP contribution in [0, 0.1) is 6.92 Å². The maximum Gasteiger partial charge on any atom is 0.375 e. The first-order chi connectivity index (χ1) is 13.3. The van der Waals surface area contributed by atoms with Gasteiger partial charge in [0, 0.05) is 23.1 Å². The summed E-state index contributed by atoms with van der Waals surface area (Å²) < 4.78 is 40.6. The zero-order chi connectivity index (χ0) is 21.6. The van der Waals surface area contributed by atoms with Crippen molar-refractivity contribution in [3.05, 3.63) is 43.0 Å². The number of ether oxygens (including phenoxy) is 1. The number of nitrogens with zero attached hydrogens (tertiary/aromatic N) is 4. The van der Waals surface area contributed by atoms with Crippen molar-refractivity contribution in [2.75, 3.05) is 12.1 Å². The molecular formula is C11H16N5O9P3S. The minimum Gasteiger partial charge on any atom is -0.491 e. The predicted octanol–water partition coefficient (Wildman–Crippen LogP) is 1.50. The molecule has 0 bridgehead atoms. The standard InChI is InChI=1S/C11H16N5O9P3S/c1-6-3-16(11(18)13-10(6)17)9-2-7(14-15-12)8(23-9)4-28(29)24-26(19,20)5-27(21,22)25-28/h3,7-9H,2,4-5H2,1H3,(H,19,20)(H,21,22)(H,13,17,18)/t7-,8+,9+/m0/s1. The average Bonchev–Trinajstić information content (AvgIpc) is 2.89. The van der Waals surface area contributed by atoms with Crippen LogP contribution in [0.15, 0.2) is 20.9 Å². The number of hydrogen-bond donors (Lipinski definition) is 3. The SMILES string of the molecule is Cc1cn([C@H]2C[C@H](N=[N+]=[N-])[C@@H](C[P+]3([S-])OP(=O)(O)CP(=O)(O)O3)O2)c(=O)[nH]c1=O. The van der Waals surface area contributed by atoms with Crippen molar-refractivity contribution in [3.63, 3.8) is 0 Å². The van der Waals surface area contributed by atoms with Gasteiger partial charge in [0.15, 0.2) is 12.8 Å². The molecule has 0 aromatic carbocycles. The summed E-state index contributed by atoms with van der Waals surface area (Å²) in [6.45, 7) is -2.28. The van der Waals surface area contributed by atoms with Gasteiger partial charge in [-0.15, -0.1) is 8.62 Å². The van der Waals surface area contributed by atoms with E-state index in [4.69, 9.17) is 31.1 Å². The number of azide groups is 1.